The maximum atomic E-state index is 8.87. The molecule has 0 bridgehead atoms. The zero-order valence-corrected chi connectivity index (χ0v) is 13.4. The van der Waals surface area contributed by atoms with Crippen molar-refractivity contribution < 1.29 is 14.3 Å². The highest BCUT2D eigenvalue weighted by atomic mass is 28.4. The minimum absolute atomic E-state index is 0.0000231. The fourth-order valence-corrected chi connectivity index (χ4v) is 3.19. The molecule has 1 aliphatic heterocycles. The molecule has 1 N–H and O–H groups in total. The van der Waals surface area contributed by atoms with Crippen LogP contribution in [0.3, 0.4) is 0 Å². The van der Waals surface area contributed by atoms with E-state index < -0.39 is 8.32 Å². The number of aliphatic hydroxyl groups is 1. The van der Waals surface area contributed by atoms with E-state index in [4.69, 9.17) is 14.3 Å². The van der Waals surface area contributed by atoms with E-state index in [0.29, 0.717) is 0 Å². The van der Waals surface area contributed by atoms with Crippen molar-refractivity contribution in [2.24, 2.45) is 0 Å². The van der Waals surface area contributed by atoms with Gasteiger partial charge in [0.15, 0.2) is 8.32 Å². The lowest BCUT2D eigenvalue weighted by Gasteiger charge is -2.42. The highest BCUT2D eigenvalue weighted by Crippen LogP contribution is 2.38. The number of aliphatic hydroxyl groups excluding tert-OH is 1. The summed E-state index contributed by atoms with van der Waals surface area (Å²) < 4.78 is 12.2. The average Bonchev–Trinajstić information content (AvgIpc) is 2.26. The van der Waals surface area contributed by atoms with Gasteiger partial charge in [0.05, 0.1) is 12.7 Å². The van der Waals surface area contributed by atoms with E-state index in [2.05, 4.69) is 33.9 Å². The standard InChI is InChI=1S/C14H28O3Si/c1-14(2,3)18(4,5)17-13-9-7-11-16-12(13)8-6-10-15/h6,8,12-13,15H,7,9-11H2,1-5H3/b8-6+/t12-,13+/m1/s1. The van der Waals surface area contributed by atoms with E-state index in [1.807, 2.05) is 6.08 Å². The molecule has 1 aliphatic rings. The normalized spacial score (nSPS) is 26.8. The minimum Gasteiger partial charge on any atom is -0.411 e. The van der Waals surface area contributed by atoms with Crippen LogP contribution in [-0.2, 0) is 9.16 Å². The first-order valence-electron chi connectivity index (χ1n) is 6.85. The molecule has 1 rings (SSSR count). The molecule has 106 valence electrons. The van der Waals surface area contributed by atoms with Crippen molar-refractivity contribution in [3.05, 3.63) is 12.2 Å². The summed E-state index contributed by atoms with van der Waals surface area (Å²) in [5, 5.41) is 9.09. The fraction of sp³-hybridized carbons (Fsp3) is 0.857. The first kappa shape index (κ1) is 15.9. The van der Waals surface area contributed by atoms with Gasteiger partial charge >= 0.3 is 0 Å². The Morgan fingerprint density at radius 1 is 1.39 bits per heavy atom. The van der Waals surface area contributed by atoms with Crippen LogP contribution in [0, 0.1) is 0 Å². The molecule has 0 aliphatic carbocycles. The SMILES string of the molecule is CC(C)(C)[Si](C)(C)O[C@H]1CCCO[C@@H]1/C=C/CO. The Kier molecular flexibility index (Phi) is 5.59. The molecule has 1 fully saturated rings. The van der Waals surface area contributed by atoms with Crippen LogP contribution in [0.15, 0.2) is 12.2 Å². The van der Waals surface area contributed by atoms with Gasteiger partial charge < -0.3 is 14.3 Å². The molecule has 0 amide bonds. The van der Waals surface area contributed by atoms with Crippen molar-refractivity contribution in [1.82, 2.24) is 0 Å². The molecule has 0 radical (unpaired) electrons. The Hall–Kier alpha value is -0.163. The van der Waals surface area contributed by atoms with Crippen LogP contribution in [-0.4, -0.2) is 38.8 Å². The van der Waals surface area contributed by atoms with Gasteiger partial charge in [0.25, 0.3) is 0 Å². The first-order valence-corrected chi connectivity index (χ1v) is 9.76. The highest BCUT2D eigenvalue weighted by molar-refractivity contribution is 6.74. The molecule has 3 nitrogen and oxygen atoms in total. The molecule has 0 spiro atoms. The minimum atomic E-state index is -1.75. The predicted octanol–water partition coefficient (Wildman–Crippen LogP) is 3.10. The van der Waals surface area contributed by atoms with Crippen molar-refractivity contribution in [3.8, 4) is 0 Å². The molecule has 4 heteroatoms. The number of hydrogen-bond donors (Lipinski definition) is 1. The quantitative estimate of drug-likeness (QED) is 0.631. The molecule has 1 saturated heterocycles. The Bertz CT molecular complexity index is 281. The summed E-state index contributed by atoms with van der Waals surface area (Å²) in [5.41, 5.74) is 0. The number of hydrogen-bond acceptors (Lipinski definition) is 3. The second-order valence-corrected chi connectivity index (χ2v) is 11.3. The zero-order chi connectivity index (χ0) is 13.8. The summed E-state index contributed by atoms with van der Waals surface area (Å²) in [5.74, 6) is 0. The predicted molar refractivity (Wildman–Crippen MR) is 77.3 cm³/mol. The van der Waals surface area contributed by atoms with Gasteiger partial charge in [0.1, 0.15) is 6.10 Å². The zero-order valence-electron chi connectivity index (χ0n) is 12.4. The van der Waals surface area contributed by atoms with E-state index in [1.54, 1.807) is 6.08 Å². The van der Waals surface area contributed by atoms with Crippen LogP contribution >= 0.6 is 0 Å². The van der Waals surface area contributed by atoms with Crippen molar-refractivity contribution >= 4 is 8.32 Å². The molecule has 0 aromatic carbocycles. The molecule has 18 heavy (non-hydrogen) atoms. The second kappa shape index (κ2) is 6.33. The number of ether oxygens (including phenoxy) is 1. The van der Waals surface area contributed by atoms with E-state index in [0.717, 1.165) is 19.4 Å². The van der Waals surface area contributed by atoms with E-state index in [9.17, 15) is 0 Å². The molecule has 0 aromatic rings. The molecule has 0 unspecified atom stereocenters. The van der Waals surface area contributed by atoms with E-state index in [-0.39, 0.29) is 23.9 Å². The van der Waals surface area contributed by atoms with Gasteiger partial charge in [-0.15, -0.1) is 0 Å². The van der Waals surface area contributed by atoms with Gasteiger partial charge in [-0.2, -0.15) is 0 Å². The van der Waals surface area contributed by atoms with Crippen molar-refractivity contribution in [1.29, 1.82) is 0 Å². The summed E-state index contributed by atoms with van der Waals surface area (Å²) >= 11 is 0. The lowest BCUT2D eigenvalue weighted by molar-refractivity contribution is -0.0423. The van der Waals surface area contributed by atoms with Crippen LogP contribution in [0.4, 0.5) is 0 Å². The van der Waals surface area contributed by atoms with Crippen LogP contribution in [0.25, 0.3) is 0 Å². The maximum absolute atomic E-state index is 8.87. The van der Waals surface area contributed by atoms with Crippen LogP contribution in [0.1, 0.15) is 33.6 Å². The van der Waals surface area contributed by atoms with Gasteiger partial charge in [-0.1, -0.05) is 32.9 Å². The third-order valence-electron chi connectivity index (χ3n) is 3.99. The summed E-state index contributed by atoms with van der Waals surface area (Å²) in [7, 11) is -1.75. The Morgan fingerprint density at radius 3 is 2.61 bits per heavy atom. The van der Waals surface area contributed by atoms with Crippen LogP contribution < -0.4 is 0 Å². The van der Waals surface area contributed by atoms with Gasteiger partial charge in [-0.3, -0.25) is 0 Å². The van der Waals surface area contributed by atoms with Gasteiger partial charge in [0, 0.05) is 6.61 Å². The van der Waals surface area contributed by atoms with Crippen LogP contribution in [0.5, 0.6) is 0 Å². The van der Waals surface area contributed by atoms with E-state index >= 15 is 0 Å². The Balaban J connectivity index is 2.70. The average molecular weight is 272 g/mol. The van der Waals surface area contributed by atoms with E-state index in [1.165, 1.54) is 0 Å². The second-order valence-electron chi connectivity index (χ2n) is 6.50. The van der Waals surface area contributed by atoms with Crippen molar-refractivity contribution in [3.63, 3.8) is 0 Å². The molecular formula is C14H28O3Si. The summed E-state index contributed by atoms with van der Waals surface area (Å²) in [6, 6.07) is 0. The molecular weight excluding hydrogens is 244 g/mol. The van der Waals surface area contributed by atoms with Gasteiger partial charge in [-0.25, -0.2) is 0 Å². The molecule has 1 heterocycles. The Labute approximate surface area is 112 Å². The third kappa shape index (κ3) is 4.19. The van der Waals surface area contributed by atoms with Gasteiger partial charge in [0.2, 0.25) is 0 Å². The lowest BCUT2D eigenvalue weighted by Crippen LogP contribution is -2.48. The monoisotopic (exact) mass is 272 g/mol. The largest absolute Gasteiger partial charge is 0.411 e. The smallest absolute Gasteiger partial charge is 0.192 e. The summed E-state index contributed by atoms with van der Waals surface area (Å²) in [6.45, 7) is 12.2. The van der Waals surface area contributed by atoms with Crippen molar-refractivity contribution in [2.45, 2.75) is 64.0 Å². The third-order valence-corrected chi connectivity index (χ3v) is 8.50. The topological polar surface area (TPSA) is 38.7 Å². The molecule has 2 atom stereocenters. The van der Waals surface area contributed by atoms with Gasteiger partial charge in [-0.05, 0) is 31.0 Å². The Morgan fingerprint density at radius 2 is 2.06 bits per heavy atom. The molecule has 0 aromatic heterocycles. The highest BCUT2D eigenvalue weighted by Gasteiger charge is 2.41. The lowest BCUT2D eigenvalue weighted by atomic mass is 10.1. The molecule has 0 saturated carbocycles. The first-order chi connectivity index (χ1) is 8.28. The summed E-state index contributed by atoms with van der Waals surface area (Å²) in [6.07, 6.45) is 5.94. The van der Waals surface area contributed by atoms with Crippen LogP contribution in [0.2, 0.25) is 18.1 Å². The summed E-state index contributed by atoms with van der Waals surface area (Å²) in [4.78, 5) is 0. The number of rotatable bonds is 4. The maximum Gasteiger partial charge on any atom is 0.192 e. The fourth-order valence-electron chi connectivity index (χ4n) is 1.83. The van der Waals surface area contributed by atoms with Crippen molar-refractivity contribution in [2.75, 3.05) is 13.2 Å².